The molecule has 0 aliphatic heterocycles. The van der Waals surface area contributed by atoms with Crippen LogP contribution in [-0.4, -0.2) is 11.2 Å². The number of benzene rings is 2. The van der Waals surface area contributed by atoms with Crippen LogP contribution in [0.4, 0.5) is 0 Å². The van der Waals surface area contributed by atoms with Crippen molar-refractivity contribution in [1.82, 2.24) is 0 Å². The number of hydrogen-bond acceptors (Lipinski definition) is 1. The van der Waals surface area contributed by atoms with Crippen molar-refractivity contribution in [3.63, 3.8) is 0 Å². The summed E-state index contributed by atoms with van der Waals surface area (Å²) in [6.07, 6.45) is 2.55. The minimum atomic E-state index is -0.247. The van der Waals surface area contributed by atoms with Gasteiger partial charge in [0.25, 0.3) is 0 Å². The second-order valence-electron chi connectivity index (χ2n) is 6.20. The van der Waals surface area contributed by atoms with E-state index in [1.165, 1.54) is 27.8 Å². The molecule has 0 radical (unpaired) electrons. The van der Waals surface area contributed by atoms with Crippen molar-refractivity contribution in [2.45, 2.75) is 39.2 Å². The molecule has 3 rings (SSSR count). The van der Waals surface area contributed by atoms with Crippen LogP contribution in [-0.2, 0) is 19.3 Å². The van der Waals surface area contributed by atoms with Crippen LogP contribution in [0.1, 0.15) is 27.8 Å². The summed E-state index contributed by atoms with van der Waals surface area (Å²) in [4.78, 5) is 0. The zero-order chi connectivity index (χ0) is 14.1. The normalized spacial score (nSPS) is 16.1. The molecular weight excluding hydrogens is 244 g/mol. The van der Waals surface area contributed by atoms with Gasteiger partial charge in [-0.1, -0.05) is 53.6 Å². The first-order chi connectivity index (χ1) is 9.61. The maximum atomic E-state index is 10.6. The van der Waals surface area contributed by atoms with Gasteiger partial charge in [0.05, 0.1) is 6.10 Å². The van der Waals surface area contributed by atoms with Crippen LogP contribution in [0.25, 0.3) is 0 Å². The maximum absolute atomic E-state index is 10.6. The Bertz CT molecular complexity index is 570. The predicted octanol–water partition coefficient (Wildman–Crippen LogP) is 3.62. The lowest BCUT2D eigenvalue weighted by molar-refractivity contribution is 0.113. The fourth-order valence-electron chi connectivity index (χ4n) is 3.46. The Hall–Kier alpha value is -1.60. The molecule has 1 aliphatic rings. The van der Waals surface area contributed by atoms with Gasteiger partial charge in [-0.3, -0.25) is 0 Å². The highest BCUT2D eigenvalue weighted by atomic mass is 16.3. The Morgan fingerprint density at radius 3 is 2.10 bits per heavy atom. The van der Waals surface area contributed by atoms with E-state index < -0.39 is 0 Å². The summed E-state index contributed by atoms with van der Waals surface area (Å²) in [6.45, 7) is 4.24. The van der Waals surface area contributed by atoms with Crippen molar-refractivity contribution in [2.24, 2.45) is 5.92 Å². The first kappa shape index (κ1) is 13.4. The topological polar surface area (TPSA) is 20.2 Å². The van der Waals surface area contributed by atoms with E-state index in [1.807, 2.05) is 0 Å². The third kappa shape index (κ3) is 2.78. The number of hydrogen-bond donors (Lipinski definition) is 1. The van der Waals surface area contributed by atoms with Crippen molar-refractivity contribution in [2.75, 3.05) is 0 Å². The highest BCUT2D eigenvalue weighted by Crippen LogP contribution is 2.30. The molecule has 104 valence electrons. The summed E-state index contributed by atoms with van der Waals surface area (Å²) >= 11 is 0. The zero-order valence-corrected chi connectivity index (χ0v) is 12.3. The van der Waals surface area contributed by atoms with E-state index >= 15 is 0 Å². The maximum Gasteiger partial charge on any atom is 0.0615 e. The third-order valence-electron chi connectivity index (χ3n) is 4.35. The molecule has 0 heterocycles. The molecular formula is C19H22O. The molecule has 1 heteroatoms. The van der Waals surface area contributed by atoms with Gasteiger partial charge in [-0.2, -0.15) is 0 Å². The number of aliphatic hydroxyl groups excluding tert-OH is 1. The Morgan fingerprint density at radius 2 is 1.55 bits per heavy atom. The van der Waals surface area contributed by atoms with Crippen molar-refractivity contribution in [1.29, 1.82) is 0 Å². The van der Waals surface area contributed by atoms with Gasteiger partial charge in [0, 0.05) is 0 Å². The standard InChI is InChI=1S/C19H22O/c1-13-7-14(2)9-15(8-13)10-19(20)18-11-16-5-3-4-6-17(16)12-18/h3-9,18-20H,10-12H2,1-2H3. The van der Waals surface area contributed by atoms with E-state index in [2.05, 4.69) is 56.3 Å². The van der Waals surface area contributed by atoms with Gasteiger partial charge in [-0.25, -0.2) is 0 Å². The third-order valence-corrected chi connectivity index (χ3v) is 4.35. The van der Waals surface area contributed by atoms with Gasteiger partial charge in [0.15, 0.2) is 0 Å². The molecule has 1 nitrogen and oxygen atoms in total. The Balaban J connectivity index is 1.70. The minimum Gasteiger partial charge on any atom is -0.392 e. The van der Waals surface area contributed by atoms with Gasteiger partial charge < -0.3 is 5.11 Å². The van der Waals surface area contributed by atoms with Crippen LogP contribution in [0.3, 0.4) is 0 Å². The summed E-state index contributed by atoms with van der Waals surface area (Å²) in [5.41, 5.74) is 6.64. The first-order valence-corrected chi connectivity index (χ1v) is 7.44. The molecule has 0 bridgehead atoms. The molecule has 2 aromatic rings. The van der Waals surface area contributed by atoms with Crippen LogP contribution in [0, 0.1) is 19.8 Å². The molecule has 1 aliphatic carbocycles. The fourth-order valence-corrected chi connectivity index (χ4v) is 3.46. The molecule has 1 atom stereocenters. The monoisotopic (exact) mass is 266 g/mol. The Labute approximate surface area is 121 Å². The van der Waals surface area contributed by atoms with Gasteiger partial charge >= 0.3 is 0 Å². The molecule has 0 spiro atoms. The average molecular weight is 266 g/mol. The lowest BCUT2D eigenvalue weighted by atomic mass is 9.92. The first-order valence-electron chi connectivity index (χ1n) is 7.44. The molecule has 0 fully saturated rings. The van der Waals surface area contributed by atoms with Crippen molar-refractivity contribution in [3.8, 4) is 0 Å². The molecule has 1 unspecified atom stereocenters. The molecule has 2 aromatic carbocycles. The number of rotatable bonds is 3. The number of aryl methyl sites for hydroxylation is 2. The lowest BCUT2D eigenvalue weighted by Gasteiger charge is -2.18. The van der Waals surface area contributed by atoms with E-state index in [9.17, 15) is 5.11 Å². The predicted molar refractivity (Wildman–Crippen MR) is 83.0 cm³/mol. The Kier molecular flexibility index (Phi) is 3.62. The summed E-state index contributed by atoms with van der Waals surface area (Å²) in [6, 6.07) is 15.1. The van der Waals surface area contributed by atoms with E-state index in [4.69, 9.17) is 0 Å². The minimum absolute atomic E-state index is 0.247. The number of aliphatic hydroxyl groups is 1. The zero-order valence-electron chi connectivity index (χ0n) is 12.3. The largest absolute Gasteiger partial charge is 0.392 e. The van der Waals surface area contributed by atoms with Crippen LogP contribution < -0.4 is 0 Å². The van der Waals surface area contributed by atoms with E-state index in [1.54, 1.807) is 0 Å². The van der Waals surface area contributed by atoms with E-state index in [0.29, 0.717) is 5.92 Å². The van der Waals surface area contributed by atoms with Crippen molar-refractivity contribution in [3.05, 3.63) is 70.3 Å². The Morgan fingerprint density at radius 1 is 1.00 bits per heavy atom. The second kappa shape index (κ2) is 5.41. The van der Waals surface area contributed by atoms with Crippen LogP contribution >= 0.6 is 0 Å². The molecule has 0 saturated heterocycles. The molecule has 0 aromatic heterocycles. The van der Waals surface area contributed by atoms with Crippen LogP contribution in [0.15, 0.2) is 42.5 Å². The van der Waals surface area contributed by atoms with E-state index in [-0.39, 0.29) is 6.10 Å². The second-order valence-corrected chi connectivity index (χ2v) is 6.20. The highest BCUT2D eigenvalue weighted by molar-refractivity contribution is 5.33. The van der Waals surface area contributed by atoms with Gasteiger partial charge in [0.1, 0.15) is 0 Å². The molecule has 20 heavy (non-hydrogen) atoms. The molecule has 1 N–H and O–H groups in total. The number of fused-ring (bicyclic) bond motifs is 1. The van der Waals surface area contributed by atoms with Crippen LogP contribution in [0.5, 0.6) is 0 Å². The quantitative estimate of drug-likeness (QED) is 0.899. The summed E-state index contributed by atoms with van der Waals surface area (Å²) in [5, 5.41) is 10.6. The molecule has 0 saturated carbocycles. The van der Waals surface area contributed by atoms with Crippen molar-refractivity contribution >= 4 is 0 Å². The van der Waals surface area contributed by atoms with Gasteiger partial charge in [-0.05, 0) is 55.7 Å². The summed E-state index contributed by atoms with van der Waals surface area (Å²) in [7, 11) is 0. The fraction of sp³-hybridized carbons (Fsp3) is 0.368. The smallest absolute Gasteiger partial charge is 0.0615 e. The highest BCUT2D eigenvalue weighted by Gasteiger charge is 2.27. The van der Waals surface area contributed by atoms with Crippen LogP contribution in [0.2, 0.25) is 0 Å². The average Bonchev–Trinajstić information content (AvgIpc) is 2.81. The summed E-state index contributed by atoms with van der Waals surface area (Å²) in [5.74, 6) is 0.369. The van der Waals surface area contributed by atoms with Gasteiger partial charge in [-0.15, -0.1) is 0 Å². The van der Waals surface area contributed by atoms with E-state index in [0.717, 1.165) is 19.3 Å². The molecule has 0 amide bonds. The summed E-state index contributed by atoms with van der Waals surface area (Å²) < 4.78 is 0. The van der Waals surface area contributed by atoms with Gasteiger partial charge in [0.2, 0.25) is 0 Å². The SMILES string of the molecule is Cc1cc(C)cc(CC(O)C2Cc3ccccc3C2)c1. The van der Waals surface area contributed by atoms with Crippen molar-refractivity contribution < 1.29 is 5.11 Å². The lowest BCUT2D eigenvalue weighted by Crippen LogP contribution is -2.23.